The number of rotatable bonds is 4. The number of fused-ring (bicyclic) bond motifs is 1. The van der Waals surface area contributed by atoms with Gasteiger partial charge in [-0.1, -0.05) is 18.2 Å². The summed E-state index contributed by atoms with van der Waals surface area (Å²) >= 11 is 0. The van der Waals surface area contributed by atoms with Gasteiger partial charge in [-0.05, 0) is 11.5 Å². The van der Waals surface area contributed by atoms with E-state index in [-0.39, 0.29) is 5.78 Å². The molecule has 0 aliphatic rings. The van der Waals surface area contributed by atoms with Crippen LogP contribution < -0.4 is 5.73 Å². The number of carbonyl (C=O) groups is 1. The molecule has 5 nitrogen and oxygen atoms in total. The van der Waals surface area contributed by atoms with Crippen molar-refractivity contribution in [2.75, 3.05) is 6.54 Å². The summed E-state index contributed by atoms with van der Waals surface area (Å²) < 4.78 is 1.82. The van der Waals surface area contributed by atoms with Crippen molar-refractivity contribution in [3.05, 3.63) is 60.4 Å². The molecule has 3 rings (SSSR count). The lowest BCUT2D eigenvalue weighted by Crippen LogP contribution is -2.08. The number of pyridine rings is 1. The normalized spacial score (nSPS) is 10.8. The molecule has 1 aromatic carbocycles. The molecule has 5 heteroatoms. The highest BCUT2D eigenvalue weighted by atomic mass is 16.1. The quantitative estimate of drug-likeness (QED) is 0.728. The third kappa shape index (κ3) is 2.19. The zero-order chi connectivity index (χ0) is 13.9. The molecule has 0 radical (unpaired) electrons. The van der Waals surface area contributed by atoms with Crippen LogP contribution >= 0.6 is 0 Å². The summed E-state index contributed by atoms with van der Waals surface area (Å²) in [6.45, 7) is 1.17. The molecular formula is C15H14N4O. The van der Waals surface area contributed by atoms with Gasteiger partial charge in [0.25, 0.3) is 0 Å². The molecule has 100 valence electrons. The van der Waals surface area contributed by atoms with E-state index in [2.05, 4.69) is 9.97 Å². The second kappa shape index (κ2) is 5.22. The van der Waals surface area contributed by atoms with Crippen LogP contribution in [0.25, 0.3) is 10.8 Å². The van der Waals surface area contributed by atoms with Crippen molar-refractivity contribution in [2.24, 2.45) is 5.73 Å². The summed E-state index contributed by atoms with van der Waals surface area (Å²) in [5.74, 6) is -0.0856. The standard InChI is InChI=1S/C15H14N4O/c16-5-7-19-9-14(18-10-19)15(20)13-3-1-2-11-8-17-6-4-12(11)13/h1-4,6,8-10H,5,7,16H2. The van der Waals surface area contributed by atoms with Crippen molar-refractivity contribution in [2.45, 2.75) is 6.54 Å². The third-order valence-electron chi connectivity index (χ3n) is 3.18. The van der Waals surface area contributed by atoms with E-state index >= 15 is 0 Å². The lowest BCUT2D eigenvalue weighted by Gasteiger charge is -2.03. The SMILES string of the molecule is NCCn1cnc(C(=O)c2cccc3cnccc23)c1. The highest BCUT2D eigenvalue weighted by Gasteiger charge is 2.14. The predicted molar refractivity (Wildman–Crippen MR) is 76.5 cm³/mol. The Kier molecular flexibility index (Phi) is 3.26. The van der Waals surface area contributed by atoms with Crippen molar-refractivity contribution in [1.29, 1.82) is 0 Å². The fraction of sp³-hybridized carbons (Fsp3) is 0.133. The molecule has 0 fully saturated rings. The van der Waals surface area contributed by atoms with Gasteiger partial charge in [-0.25, -0.2) is 4.98 Å². The van der Waals surface area contributed by atoms with Crippen LogP contribution in [0.3, 0.4) is 0 Å². The molecule has 3 aromatic rings. The van der Waals surface area contributed by atoms with E-state index in [1.54, 1.807) is 24.9 Å². The first-order valence-corrected chi connectivity index (χ1v) is 6.39. The number of imidazole rings is 1. The first-order chi connectivity index (χ1) is 9.79. The summed E-state index contributed by atoms with van der Waals surface area (Å²) in [5.41, 5.74) is 6.57. The van der Waals surface area contributed by atoms with E-state index in [4.69, 9.17) is 5.73 Å². The average Bonchev–Trinajstić information content (AvgIpc) is 2.95. The number of nitrogens with zero attached hydrogens (tertiary/aromatic N) is 3. The van der Waals surface area contributed by atoms with Gasteiger partial charge in [-0.3, -0.25) is 9.78 Å². The minimum absolute atomic E-state index is 0.0856. The molecule has 20 heavy (non-hydrogen) atoms. The maximum absolute atomic E-state index is 12.6. The Morgan fingerprint density at radius 1 is 1.30 bits per heavy atom. The van der Waals surface area contributed by atoms with Crippen molar-refractivity contribution >= 4 is 16.6 Å². The van der Waals surface area contributed by atoms with Crippen LogP contribution in [0.2, 0.25) is 0 Å². The molecule has 0 spiro atoms. The van der Waals surface area contributed by atoms with Crippen LogP contribution in [0.15, 0.2) is 49.2 Å². The van der Waals surface area contributed by atoms with Crippen LogP contribution in [-0.4, -0.2) is 26.9 Å². The molecule has 0 atom stereocenters. The Bertz CT molecular complexity index is 758. The van der Waals surface area contributed by atoms with Gasteiger partial charge in [0.15, 0.2) is 0 Å². The second-order valence-electron chi connectivity index (χ2n) is 4.52. The number of hydrogen-bond donors (Lipinski definition) is 1. The fourth-order valence-electron chi connectivity index (χ4n) is 2.21. The van der Waals surface area contributed by atoms with E-state index in [1.807, 2.05) is 28.8 Å². The summed E-state index contributed by atoms with van der Waals surface area (Å²) in [6, 6.07) is 7.45. The Morgan fingerprint density at radius 3 is 3.05 bits per heavy atom. The van der Waals surface area contributed by atoms with Crippen LogP contribution in [0.1, 0.15) is 16.1 Å². The van der Waals surface area contributed by atoms with Crippen molar-refractivity contribution < 1.29 is 4.79 Å². The molecular weight excluding hydrogens is 252 g/mol. The number of carbonyl (C=O) groups excluding carboxylic acids is 1. The van der Waals surface area contributed by atoms with E-state index in [1.165, 1.54) is 0 Å². The summed E-state index contributed by atoms with van der Waals surface area (Å²) in [6.07, 6.45) is 6.80. The first kappa shape index (κ1) is 12.5. The molecule has 0 aliphatic carbocycles. The smallest absolute Gasteiger partial charge is 0.213 e. The van der Waals surface area contributed by atoms with Gasteiger partial charge in [0.2, 0.25) is 5.78 Å². The van der Waals surface area contributed by atoms with E-state index in [0.717, 1.165) is 10.8 Å². The Labute approximate surface area is 116 Å². The molecule has 0 saturated carbocycles. The molecule has 2 aromatic heterocycles. The largest absolute Gasteiger partial charge is 0.335 e. The average molecular weight is 266 g/mol. The summed E-state index contributed by atoms with van der Waals surface area (Å²) in [4.78, 5) is 20.8. The zero-order valence-electron chi connectivity index (χ0n) is 10.9. The van der Waals surface area contributed by atoms with Crippen LogP contribution in [-0.2, 0) is 6.54 Å². The molecule has 0 amide bonds. The van der Waals surface area contributed by atoms with Gasteiger partial charge in [-0.2, -0.15) is 0 Å². The zero-order valence-corrected chi connectivity index (χ0v) is 10.9. The second-order valence-corrected chi connectivity index (χ2v) is 4.52. The first-order valence-electron chi connectivity index (χ1n) is 6.39. The van der Waals surface area contributed by atoms with Crippen molar-refractivity contribution in [3.8, 4) is 0 Å². The minimum Gasteiger partial charge on any atom is -0.335 e. The highest BCUT2D eigenvalue weighted by molar-refractivity contribution is 6.15. The number of benzene rings is 1. The lowest BCUT2D eigenvalue weighted by atomic mass is 10.0. The van der Waals surface area contributed by atoms with Gasteiger partial charge in [0.1, 0.15) is 5.69 Å². The number of aromatic nitrogens is 3. The highest BCUT2D eigenvalue weighted by Crippen LogP contribution is 2.20. The molecule has 0 saturated heterocycles. The van der Waals surface area contributed by atoms with Gasteiger partial charge >= 0.3 is 0 Å². The Balaban J connectivity index is 2.03. The molecule has 2 heterocycles. The molecule has 0 unspecified atom stereocenters. The van der Waals surface area contributed by atoms with Crippen LogP contribution in [0, 0.1) is 0 Å². The fourth-order valence-corrected chi connectivity index (χ4v) is 2.21. The van der Waals surface area contributed by atoms with Crippen molar-refractivity contribution in [3.63, 3.8) is 0 Å². The van der Waals surface area contributed by atoms with Gasteiger partial charge in [-0.15, -0.1) is 0 Å². The maximum atomic E-state index is 12.6. The summed E-state index contributed by atoms with van der Waals surface area (Å²) in [5, 5.41) is 1.83. The number of hydrogen-bond acceptors (Lipinski definition) is 4. The lowest BCUT2D eigenvalue weighted by molar-refractivity contribution is 0.103. The molecule has 2 N–H and O–H groups in total. The molecule has 0 aliphatic heterocycles. The van der Waals surface area contributed by atoms with E-state index < -0.39 is 0 Å². The van der Waals surface area contributed by atoms with Gasteiger partial charge in [0, 0.05) is 42.6 Å². The predicted octanol–water partition coefficient (Wildman–Crippen LogP) is 1.62. The Hall–Kier alpha value is -2.53. The third-order valence-corrected chi connectivity index (χ3v) is 3.18. The topological polar surface area (TPSA) is 73.8 Å². The van der Waals surface area contributed by atoms with E-state index in [9.17, 15) is 4.79 Å². The minimum atomic E-state index is -0.0856. The Morgan fingerprint density at radius 2 is 2.20 bits per heavy atom. The van der Waals surface area contributed by atoms with Gasteiger partial charge in [0.05, 0.1) is 6.33 Å². The van der Waals surface area contributed by atoms with Crippen molar-refractivity contribution in [1.82, 2.24) is 14.5 Å². The van der Waals surface area contributed by atoms with Gasteiger partial charge < -0.3 is 10.3 Å². The number of ketones is 1. The maximum Gasteiger partial charge on any atom is 0.213 e. The monoisotopic (exact) mass is 266 g/mol. The van der Waals surface area contributed by atoms with Crippen LogP contribution in [0.5, 0.6) is 0 Å². The molecule has 0 bridgehead atoms. The van der Waals surface area contributed by atoms with E-state index in [0.29, 0.717) is 24.3 Å². The number of nitrogens with two attached hydrogens (primary N) is 1. The van der Waals surface area contributed by atoms with Crippen LogP contribution in [0.4, 0.5) is 0 Å². The summed E-state index contributed by atoms with van der Waals surface area (Å²) in [7, 11) is 0.